The number of carbonyl (C=O) groups is 7. The summed E-state index contributed by atoms with van der Waals surface area (Å²) < 4.78 is 11.2. The van der Waals surface area contributed by atoms with Gasteiger partial charge in [-0.15, -0.1) is 0 Å². The smallest absolute Gasteiger partial charge is 0.407 e. The Morgan fingerprint density at radius 3 is 1.95 bits per heavy atom. The van der Waals surface area contributed by atoms with Crippen molar-refractivity contribution in [1.29, 1.82) is 0 Å². The van der Waals surface area contributed by atoms with Gasteiger partial charge in [0.25, 0.3) is 5.91 Å². The van der Waals surface area contributed by atoms with Crippen LogP contribution in [0.5, 0.6) is 0 Å². The lowest BCUT2D eigenvalue weighted by atomic mass is 10.0. The Kier molecular flexibility index (Phi) is 19.9. The molecular weight excluding hydrogens is 797 g/mol. The number of amides is 6. The first-order chi connectivity index (χ1) is 29.2. The van der Waals surface area contributed by atoms with Crippen LogP contribution in [0.1, 0.15) is 123 Å². The van der Waals surface area contributed by atoms with Crippen molar-refractivity contribution in [1.82, 2.24) is 31.9 Å². The van der Waals surface area contributed by atoms with Crippen LogP contribution in [0, 0.1) is 5.92 Å². The summed E-state index contributed by atoms with van der Waals surface area (Å²) in [5.41, 5.74) is 1.67. The molecule has 0 aromatic heterocycles. The molecule has 0 aliphatic heterocycles. The number of hydrogen-bond donors (Lipinski definition) is 7. The maximum Gasteiger partial charge on any atom is 0.407 e. The number of aryl methyl sites for hydroxylation is 1. The highest BCUT2D eigenvalue weighted by Gasteiger charge is 2.52. The van der Waals surface area contributed by atoms with Gasteiger partial charge in [-0.1, -0.05) is 63.6 Å². The third-order valence-electron chi connectivity index (χ3n) is 10.1. The minimum atomic E-state index is -1.36. The lowest BCUT2D eigenvalue weighted by Gasteiger charge is -2.29. The Hall–Kier alpha value is -5.51. The fourth-order valence-electron chi connectivity index (χ4n) is 6.28. The van der Waals surface area contributed by atoms with Gasteiger partial charge in [-0.05, 0) is 114 Å². The first-order valence-corrected chi connectivity index (χ1v) is 21.7. The number of rotatable bonds is 25. The van der Waals surface area contributed by atoms with Crippen LogP contribution in [-0.4, -0.2) is 102 Å². The third-order valence-corrected chi connectivity index (χ3v) is 10.1. The van der Waals surface area contributed by atoms with Gasteiger partial charge in [0.05, 0.1) is 6.10 Å². The van der Waals surface area contributed by atoms with E-state index in [1.807, 2.05) is 26.0 Å². The minimum absolute atomic E-state index is 0.0198. The van der Waals surface area contributed by atoms with Crippen molar-refractivity contribution >= 4 is 41.6 Å². The largest absolute Gasteiger partial charge is 0.480 e. The van der Waals surface area contributed by atoms with Gasteiger partial charge in [0, 0.05) is 31.7 Å². The van der Waals surface area contributed by atoms with Crippen molar-refractivity contribution in [2.75, 3.05) is 19.7 Å². The molecule has 1 aliphatic rings. The van der Waals surface area contributed by atoms with Gasteiger partial charge in [-0.25, -0.2) is 9.59 Å². The van der Waals surface area contributed by atoms with Crippen LogP contribution < -0.4 is 31.9 Å². The number of alkyl carbamates (subject to hydrolysis) is 1. The molecule has 1 aliphatic carbocycles. The zero-order chi connectivity index (χ0) is 46.0. The highest BCUT2D eigenvalue weighted by atomic mass is 16.6. The summed E-state index contributed by atoms with van der Waals surface area (Å²) in [5.74, 6) is -4.11. The Balaban J connectivity index is 1.66. The van der Waals surface area contributed by atoms with E-state index >= 15 is 0 Å². The SMILES string of the molecule is CCCCc1ccc(-c2ccc(C(=O)NCCC(=O)N[C@@H](CCCCNC(=O)OC(C)(C)C)C(=O)N[C@H](C(=O)N[C@@H](C)C(=O)NC3(C(=O)O)CC3)[C@@H](C)OCC(C)C)cc2)cc1. The van der Waals surface area contributed by atoms with E-state index in [4.69, 9.17) is 9.47 Å². The van der Waals surface area contributed by atoms with Crippen molar-refractivity contribution < 1.29 is 48.1 Å². The summed E-state index contributed by atoms with van der Waals surface area (Å²) >= 11 is 0. The number of hydrogen-bond acceptors (Lipinski definition) is 9. The van der Waals surface area contributed by atoms with Crippen LogP contribution in [0.15, 0.2) is 48.5 Å². The van der Waals surface area contributed by atoms with E-state index in [1.54, 1.807) is 39.8 Å². The predicted molar refractivity (Wildman–Crippen MR) is 235 cm³/mol. The molecule has 0 heterocycles. The van der Waals surface area contributed by atoms with Gasteiger partial charge >= 0.3 is 12.1 Å². The second-order valence-corrected chi connectivity index (χ2v) is 17.5. The molecule has 3 rings (SSSR count). The maximum atomic E-state index is 13.9. The fraction of sp³-hybridized carbons (Fsp3) is 0.587. The van der Waals surface area contributed by atoms with Gasteiger partial charge in [-0.3, -0.25) is 24.0 Å². The molecule has 0 bridgehead atoms. The third kappa shape index (κ3) is 17.5. The first-order valence-electron chi connectivity index (χ1n) is 21.7. The number of benzene rings is 2. The molecule has 16 heteroatoms. The molecule has 2 aromatic carbocycles. The molecule has 1 fully saturated rings. The standard InChI is InChI=1S/C46H68N6O10/c1-9-10-13-32-15-17-33(18-16-32)34-19-21-35(22-20-34)40(55)47-27-23-37(53)50-36(14-11-12-26-48-44(60)62-45(6,7)8)41(56)51-38(31(5)61-28-29(2)3)42(57)49-30(4)39(54)52-46(24-25-46)43(58)59/h15-22,29-31,36,38H,9-14,23-28H2,1-8H3,(H,47,55)(H,48,60)(H,49,57)(H,50,53)(H,51,56)(H,52,54)(H,58,59)/t30-,31+,36-,38-/m0/s1. The van der Waals surface area contributed by atoms with E-state index in [2.05, 4.69) is 63.1 Å². The number of carboxylic acids is 1. The van der Waals surface area contributed by atoms with E-state index in [0.717, 1.165) is 30.4 Å². The van der Waals surface area contributed by atoms with Gasteiger partial charge in [0.2, 0.25) is 23.6 Å². The molecule has 7 N–H and O–H groups in total. The molecule has 62 heavy (non-hydrogen) atoms. The second kappa shape index (κ2) is 24.2. The number of aliphatic carboxylic acids is 1. The van der Waals surface area contributed by atoms with Gasteiger partial charge in [0.1, 0.15) is 29.3 Å². The Morgan fingerprint density at radius 2 is 1.39 bits per heavy atom. The molecule has 0 radical (unpaired) electrons. The minimum Gasteiger partial charge on any atom is -0.480 e. The van der Waals surface area contributed by atoms with E-state index in [0.29, 0.717) is 18.4 Å². The van der Waals surface area contributed by atoms with Crippen LogP contribution in [0.2, 0.25) is 0 Å². The van der Waals surface area contributed by atoms with Crippen molar-refractivity contribution in [3.05, 3.63) is 59.7 Å². The first kappa shape index (κ1) is 50.8. The molecule has 342 valence electrons. The lowest BCUT2D eigenvalue weighted by Crippen LogP contribution is -2.60. The van der Waals surface area contributed by atoms with E-state index in [9.17, 15) is 38.7 Å². The Labute approximate surface area is 365 Å². The maximum absolute atomic E-state index is 13.9. The highest BCUT2D eigenvalue weighted by Crippen LogP contribution is 2.35. The van der Waals surface area contributed by atoms with E-state index in [1.165, 1.54) is 12.5 Å². The summed E-state index contributed by atoms with van der Waals surface area (Å²) in [6.07, 6.45) is 3.16. The van der Waals surface area contributed by atoms with Gasteiger partial charge < -0.3 is 46.5 Å². The monoisotopic (exact) mass is 864 g/mol. The topological polar surface area (TPSA) is 230 Å². The number of ether oxygens (including phenoxy) is 2. The summed E-state index contributed by atoms with van der Waals surface area (Å²) in [6.45, 7) is 14.7. The van der Waals surface area contributed by atoms with Crippen LogP contribution in [0.25, 0.3) is 11.1 Å². The quantitative estimate of drug-likeness (QED) is 0.0676. The highest BCUT2D eigenvalue weighted by molar-refractivity contribution is 5.97. The summed E-state index contributed by atoms with van der Waals surface area (Å²) in [5, 5.41) is 25.4. The van der Waals surface area contributed by atoms with Gasteiger partial charge in [0.15, 0.2) is 0 Å². The molecular formula is C46H68N6O10. The number of unbranched alkanes of at least 4 members (excludes halogenated alkanes) is 2. The summed E-state index contributed by atoms with van der Waals surface area (Å²) in [4.78, 5) is 90.5. The molecule has 0 saturated heterocycles. The summed E-state index contributed by atoms with van der Waals surface area (Å²) in [6, 6.07) is 12.0. The number of carbonyl (C=O) groups excluding carboxylic acids is 6. The Bertz CT molecular complexity index is 1820. The van der Waals surface area contributed by atoms with Gasteiger partial charge in [-0.2, -0.15) is 0 Å². The molecule has 6 amide bonds. The van der Waals surface area contributed by atoms with Crippen molar-refractivity contribution in [2.24, 2.45) is 5.92 Å². The van der Waals surface area contributed by atoms with Crippen molar-refractivity contribution in [3.63, 3.8) is 0 Å². The second-order valence-electron chi connectivity index (χ2n) is 17.5. The number of nitrogens with one attached hydrogen (secondary N) is 6. The van der Waals surface area contributed by atoms with Crippen LogP contribution in [0.4, 0.5) is 4.79 Å². The van der Waals surface area contributed by atoms with Crippen LogP contribution in [0.3, 0.4) is 0 Å². The van der Waals surface area contributed by atoms with E-state index in [-0.39, 0.29) is 57.2 Å². The molecule has 1 saturated carbocycles. The Morgan fingerprint density at radius 1 is 0.758 bits per heavy atom. The molecule has 2 aromatic rings. The normalized spacial score (nSPS) is 14.9. The molecule has 4 atom stereocenters. The van der Waals surface area contributed by atoms with Crippen LogP contribution in [-0.2, 0) is 39.9 Å². The zero-order valence-electron chi connectivity index (χ0n) is 37.6. The molecule has 0 unspecified atom stereocenters. The fourth-order valence-corrected chi connectivity index (χ4v) is 6.28. The lowest BCUT2D eigenvalue weighted by molar-refractivity contribution is -0.143. The van der Waals surface area contributed by atoms with Crippen molar-refractivity contribution in [3.8, 4) is 11.1 Å². The predicted octanol–water partition coefficient (Wildman–Crippen LogP) is 4.78. The molecule has 0 spiro atoms. The average molecular weight is 865 g/mol. The summed E-state index contributed by atoms with van der Waals surface area (Å²) in [7, 11) is 0. The number of carboxylic acid groups (broad SMARTS) is 1. The van der Waals surface area contributed by atoms with Crippen LogP contribution >= 0.6 is 0 Å². The molecule has 16 nitrogen and oxygen atoms in total. The van der Waals surface area contributed by atoms with Crippen molar-refractivity contribution in [2.45, 2.75) is 149 Å². The zero-order valence-corrected chi connectivity index (χ0v) is 37.6. The van der Waals surface area contributed by atoms with E-state index < -0.39 is 71.1 Å². The average Bonchev–Trinajstić information content (AvgIpc) is 4.00.